The molecule has 0 aromatic heterocycles. The van der Waals surface area contributed by atoms with E-state index >= 15 is 0 Å². The number of esters is 1. The SMILES string of the molecule is NCCNC(=O)COC(=O)C(F)(F)F. The first kappa shape index (κ1) is 12.7. The van der Waals surface area contributed by atoms with Gasteiger partial charge in [-0.15, -0.1) is 0 Å². The van der Waals surface area contributed by atoms with Crippen LogP contribution < -0.4 is 11.1 Å². The van der Waals surface area contributed by atoms with Crippen molar-refractivity contribution in [1.82, 2.24) is 5.32 Å². The zero-order chi connectivity index (χ0) is 11.2. The van der Waals surface area contributed by atoms with Crippen molar-refractivity contribution in [3.63, 3.8) is 0 Å². The summed E-state index contributed by atoms with van der Waals surface area (Å²) in [5.41, 5.74) is 5.00. The summed E-state index contributed by atoms with van der Waals surface area (Å²) in [7, 11) is 0. The molecule has 14 heavy (non-hydrogen) atoms. The molecule has 0 saturated heterocycles. The van der Waals surface area contributed by atoms with E-state index in [9.17, 15) is 22.8 Å². The van der Waals surface area contributed by atoms with Gasteiger partial charge in [0.25, 0.3) is 5.91 Å². The van der Waals surface area contributed by atoms with Crippen molar-refractivity contribution in [3.8, 4) is 0 Å². The second kappa shape index (κ2) is 5.43. The first-order valence-electron chi connectivity index (χ1n) is 3.58. The van der Waals surface area contributed by atoms with E-state index in [1.165, 1.54) is 0 Å². The Labute approximate surface area is 77.4 Å². The van der Waals surface area contributed by atoms with Crippen LogP contribution in [0.15, 0.2) is 0 Å². The fraction of sp³-hybridized carbons (Fsp3) is 0.667. The molecule has 0 aliphatic carbocycles. The molecule has 0 aliphatic heterocycles. The number of carbonyl (C=O) groups excluding carboxylic acids is 2. The van der Waals surface area contributed by atoms with E-state index in [4.69, 9.17) is 5.73 Å². The van der Waals surface area contributed by atoms with E-state index in [-0.39, 0.29) is 13.1 Å². The van der Waals surface area contributed by atoms with E-state index in [1.54, 1.807) is 0 Å². The van der Waals surface area contributed by atoms with Gasteiger partial charge in [0.2, 0.25) is 0 Å². The lowest BCUT2D eigenvalue weighted by Gasteiger charge is -2.06. The molecular formula is C6H9F3N2O3. The van der Waals surface area contributed by atoms with Gasteiger partial charge in [-0.3, -0.25) is 4.79 Å². The summed E-state index contributed by atoms with van der Waals surface area (Å²) >= 11 is 0. The third kappa shape index (κ3) is 5.36. The van der Waals surface area contributed by atoms with Gasteiger partial charge in [-0.2, -0.15) is 13.2 Å². The lowest BCUT2D eigenvalue weighted by atomic mass is 10.5. The van der Waals surface area contributed by atoms with Gasteiger partial charge >= 0.3 is 12.1 Å². The van der Waals surface area contributed by atoms with Gasteiger partial charge in [-0.25, -0.2) is 4.79 Å². The number of rotatable bonds is 4. The fourth-order valence-electron chi connectivity index (χ4n) is 0.476. The molecule has 0 aromatic rings. The van der Waals surface area contributed by atoms with Crippen LogP contribution in [0.3, 0.4) is 0 Å². The molecule has 0 atom stereocenters. The first-order chi connectivity index (χ1) is 6.38. The molecule has 5 nitrogen and oxygen atoms in total. The summed E-state index contributed by atoms with van der Waals surface area (Å²) in [5, 5.41) is 2.13. The van der Waals surface area contributed by atoms with Crippen LogP contribution in [0.25, 0.3) is 0 Å². The lowest BCUT2D eigenvalue weighted by molar-refractivity contribution is -0.199. The molecule has 0 aliphatic rings. The number of halogens is 3. The number of nitrogens with two attached hydrogens (primary N) is 1. The molecule has 0 spiro atoms. The Kier molecular flexibility index (Phi) is 4.92. The van der Waals surface area contributed by atoms with Gasteiger partial charge in [-0.05, 0) is 0 Å². The Morgan fingerprint density at radius 3 is 2.36 bits per heavy atom. The summed E-state index contributed by atoms with van der Waals surface area (Å²) in [4.78, 5) is 20.7. The Morgan fingerprint density at radius 1 is 1.36 bits per heavy atom. The quantitative estimate of drug-likeness (QED) is 0.598. The highest BCUT2D eigenvalue weighted by atomic mass is 19.4. The average Bonchev–Trinajstić information content (AvgIpc) is 2.09. The maximum atomic E-state index is 11.5. The molecule has 8 heteroatoms. The van der Waals surface area contributed by atoms with Crippen LogP contribution in [0, 0.1) is 0 Å². The molecule has 0 saturated carbocycles. The summed E-state index contributed by atoms with van der Waals surface area (Å²) in [6.07, 6.45) is -5.08. The number of alkyl halides is 3. The molecule has 0 bridgehead atoms. The van der Waals surface area contributed by atoms with Gasteiger partial charge in [0.05, 0.1) is 0 Å². The zero-order valence-electron chi connectivity index (χ0n) is 7.06. The third-order valence-electron chi connectivity index (χ3n) is 1.03. The zero-order valence-corrected chi connectivity index (χ0v) is 7.06. The minimum atomic E-state index is -5.08. The Bertz CT molecular complexity index is 217. The van der Waals surface area contributed by atoms with Crippen molar-refractivity contribution < 1.29 is 27.5 Å². The van der Waals surface area contributed by atoms with E-state index in [1.807, 2.05) is 0 Å². The van der Waals surface area contributed by atoms with E-state index in [0.29, 0.717) is 0 Å². The maximum Gasteiger partial charge on any atom is 0.490 e. The van der Waals surface area contributed by atoms with Crippen molar-refractivity contribution in [2.24, 2.45) is 5.73 Å². The summed E-state index contributed by atoms with van der Waals surface area (Å²) in [6, 6.07) is 0. The van der Waals surface area contributed by atoms with E-state index in [2.05, 4.69) is 10.1 Å². The molecule has 3 N–H and O–H groups in total. The van der Waals surface area contributed by atoms with Crippen LogP contribution in [0.2, 0.25) is 0 Å². The Balaban J connectivity index is 3.73. The van der Waals surface area contributed by atoms with Crippen molar-refractivity contribution in [2.45, 2.75) is 6.18 Å². The molecule has 0 fully saturated rings. The minimum absolute atomic E-state index is 0.113. The maximum absolute atomic E-state index is 11.5. The minimum Gasteiger partial charge on any atom is -0.449 e. The normalized spacial score (nSPS) is 10.9. The molecule has 0 rings (SSSR count). The third-order valence-corrected chi connectivity index (χ3v) is 1.03. The summed E-state index contributed by atoms with van der Waals surface area (Å²) in [5.74, 6) is -3.21. The molecule has 0 radical (unpaired) electrons. The summed E-state index contributed by atoms with van der Waals surface area (Å²) in [6.45, 7) is -0.695. The number of nitrogens with one attached hydrogen (secondary N) is 1. The van der Waals surface area contributed by atoms with Crippen LogP contribution in [0.1, 0.15) is 0 Å². The van der Waals surface area contributed by atoms with Crippen LogP contribution in [0.4, 0.5) is 13.2 Å². The van der Waals surface area contributed by atoms with Crippen molar-refractivity contribution in [3.05, 3.63) is 0 Å². The summed E-state index contributed by atoms with van der Waals surface area (Å²) < 4.78 is 38.2. The van der Waals surface area contributed by atoms with Crippen LogP contribution >= 0.6 is 0 Å². The molecule has 1 amide bonds. The largest absolute Gasteiger partial charge is 0.490 e. The standard InChI is InChI=1S/C6H9F3N2O3/c7-6(8,9)5(13)14-3-4(12)11-2-1-10/h1-3,10H2,(H,11,12). The fourth-order valence-corrected chi connectivity index (χ4v) is 0.476. The Morgan fingerprint density at radius 2 is 1.93 bits per heavy atom. The number of hydrogen-bond donors (Lipinski definition) is 2. The number of hydrogen-bond acceptors (Lipinski definition) is 4. The average molecular weight is 214 g/mol. The van der Waals surface area contributed by atoms with Crippen LogP contribution in [-0.4, -0.2) is 37.7 Å². The van der Waals surface area contributed by atoms with E-state index in [0.717, 1.165) is 0 Å². The van der Waals surface area contributed by atoms with Crippen LogP contribution in [-0.2, 0) is 14.3 Å². The van der Waals surface area contributed by atoms with Gasteiger partial charge < -0.3 is 15.8 Å². The predicted octanol–water partition coefficient (Wildman–Crippen LogP) is -0.833. The van der Waals surface area contributed by atoms with Gasteiger partial charge in [0, 0.05) is 13.1 Å². The van der Waals surface area contributed by atoms with Crippen molar-refractivity contribution in [2.75, 3.05) is 19.7 Å². The lowest BCUT2D eigenvalue weighted by Crippen LogP contribution is -2.35. The van der Waals surface area contributed by atoms with Crippen molar-refractivity contribution >= 4 is 11.9 Å². The van der Waals surface area contributed by atoms with Crippen molar-refractivity contribution in [1.29, 1.82) is 0 Å². The molecule has 0 aromatic carbocycles. The molecular weight excluding hydrogens is 205 g/mol. The second-order valence-corrected chi connectivity index (χ2v) is 2.21. The molecule has 0 unspecified atom stereocenters. The molecule has 82 valence electrons. The van der Waals surface area contributed by atoms with Gasteiger partial charge in [0.1, 0.15) is 0 Å². The van der Waals surface area contributed by atoms with Gasteiger partial charge in [-0.1, -0.05) is 0 Å². The first-order valence-corrected chi connectivity index (χ1v) is 3.58. The second-order valence-electron chi connectivity index (χ2n) is 2.21. The Hall–Kier alpha value is -1.31. The topological polar surface area (TPSA) is 81.4 Å². The smallest absolute Gasteiger partial charge is 0.449 e. The molecule has 0 heterocycles. The highest BCUT2D eigenvalue weighted by molar-refractivity contribution is 5.82. The van der Waals surface area contributed by atoms with E-state index < -0.39 is 24.7 Å². The highest BCUT2D eigenvalue weighted by Crippen LogP contribution is 2.15. The number of carbonyl (C=O) groups is 2. The number of amides is 1. The predicted molar refractivity (Wildman–Crippen MR) is 39.1 cm³/mol. The highest BCUT2D eigenvalue weighted by Gasteiger charge is 2.41. The monoisotopic (exact) mass is 214 g/mol. The number of ether oxygens (including phenoxy) is 1. The van der Waals surface area contributed by atoms with Crippen LogP contribution in [0.5, 0.6) is 0 Å². The van der Waals surface area contributed by atoms with Gasteiger partial charge in [0.15, 0.2) is 6.61 Å².